The number of nitrogens with zero attached hydrogens (tertiary/aromatic N) is 1. The smallest absolute Gasteiger partial charge is 0.222 e. The molecule has 0 radical (unpaired) electrons. The number of unbranched alkanes of at least 4 members (excludes halogenated alkanes) is 5. The van der Waals surface area contributed by atoms with Crippen LogP contribution in [-0.4, -0.2) is 29.9 Å². The normalized spacial score (nSPS) is 20.6. The van der Waals surface area contributed by atoms with E-state index in [1.165, 1.54) is 32.1 Å². The number of nitrogens with two attached hydrogens (primary N) is 1. The lowest BCUT2D eigenvalue weighted by molar-refractivity contribution is -0.132. The van der Waals surface area contributed by atoms with E-state index in [9.17, 15) is 4.79 Å². The van der Waals surface area contributed by atoms with Crippen molar-refractivity contribution in [1.29, 1.82) is 0 Å². The van der Waals surface area contributed by atoms with Crippen LogP contribution in [0.4, 0.5) is 0 Å². The molecule has 100 valence electrons. The second-order valence-electron chi connectivity index (χ2n) is 5.26. The van der Waals surface area contributed by atoms with Gasteiger partial charge in [-0.15, -0.1) is 0 Å². The van der Waals surface area contributed by atoms with Crippen LogP contribution >= 0.6 is 0 Å². The second-order valence-corrected chi connectivity index (χ2v) is 5.26. The zero-order chi connectivity index (χ0) is 12.5. The zero-order valence-electron chi connectivity index (χ0n) is 11.3. The van der Waals surface area contributed by atoms with Crippen molar-refractivity contribution >= 4 is 5.91 Å². The Morgan fingerprint density at radius 1 is 1.24 bits per heavy atom. The fourth-order valence-corrected chi connectivity index (χ4v) is 2.45. The van der Waals surface area contributed by atoms with Gasteiger partial charge in [-0.3, -0.25) is 4.79 Å². The standard InChI is InChI=1S/C14H28N2O/c1-2-3-4-5-6-7-10-14(17)16-11-8-9-13(15)12-16/h13H,2-12,15H2,1H3. The summed E-state index contributed by atoms with van der Waals surface area (Å²) in [6, 6.07) is 0.206. The summed E-state index contributed by atoms with van der Waals surface area (Å²) >= 11 is 0. The van der Waals surface area contributed by atoms with Gasteiger partial charge in [0.15, 0.2) is 0 Å². The summed E-state index contributed by atoms with van der Waals surface area (Å²) in [6.07, 6.45) is 10.3. The van der Waals surface area contributed by atoms with Gasteiger partial charge in [0.25, 0.3) is 0 Å². The third-order valence-corrected chi connectivity index (χ3v) is 3.55. The first-order valence-corrected chi connectivity index (χ1v) is 7.27. The van der Waals surface area contributed by atoms with Crippen molar-refractivity contribution in [2.45, 2.75) is 70.8 Å². The topological polar surface area (TPSA) is 46.3 Å². The summed E-state index contributed by atoms with van der Waals surface area (Å²) in [4.78, 5) is 13.9. The summed E-state index contributed by atoms with van der Waals surface area (Å²) in [7, 11) is 0. The van der Waals surface area contributed by atoms with Crippen LogP contribution in [0.3, 0.4) is 0 Å². The molecule has 0 aliphatic carbocycles. The Morgan fingerprint density at radius 2 is 1.94 bits per heavy atom. The van der Waals surface area contributed by atoms with Gasteiger partial charge in [0.05, 0.1) is 0 Å². The highest BCUT2D eigenvalue weighted by Crippen LogP contribution is 2.12. The summed E-state index contributed by atoms with van der Waals surface area (Å²) in [6.45, 7) is 3.92. The quantitative estimate of drug-likeness (QED) is 0.695. The summed E-state index contributed by atoms with van der Waals surface area (Å²) < 4.78 is 0. The van der Waals surface area contributed by atoms with Crippen LogP contribution in [0.15, 0.2) is 0 Å². The van der Waals surface area contributed by atoms with Crippen LogP contribution in [0.1, 0.15) is 64.7 Å². The van der Waals surface area contributed by atoms with Crippen molar-refractivity contribution in [3.05, 3.63) is 0 Å². The Kier molecular flexibility index (Phi) is 7.25. The minimum absolute atomic E-state index is 0.206. The Balaban J connectivity index is 2.04. The van der Waals surface area contributed by atoms with E-state index in [0.717, 1.165) is 38.8 Å². The fourth-order valence-electron chi connectivity index (χ4n) is 2.45. The van der Waals surface area contributed by atoms with Gasteiger partial charge in [-0.05, 0) is 19.3 Å². The molecule has 3 nitrogen and oxygen atoms in total. The van der Waals surface area contributed by atoms with Gasteiger partial charge in [-0.25, -0.2) is 0 Å². The maximum atomic E-state index is 11.9. The number of likely N-dealkylation sites (tertiary alicyclic amines) is 1. The molecule has 0 aromatic carbocycles. The highest BCUT2D eigenvalue weighted by Gasteiger charge is 2.20. The molecule has 3 heteroatoms. The SMILES string of the molecule is CCCCCCCCC(=O)N1CCCC(N)C1. The van der Waals surface area contributed by atoms with Gasteiger partial charge in [0, 0.05) is 25.6 Å². The van der Waals surface area contributed by atoms with Crippen LogP contribution in [0.25, 0.3) is 0 Å². The molecule has 1 aliphatic rings. The molecule has 1 atom stereocenters. The summed E-state index contributed by atoms with van der Waals surface area (Å²) in [5.41, 5.74) is 5.88. The third kappa shape index (κ3) is 6.06. The molecule has 0 spiro atoms. The van der Waals surface area contributed by atoms with E-state index in [4.69, 9.17) is 5.73 Å². The monoisotopic (exact) mass is 240 g/mol. The van der Waals surface area contributed by atoms with Gasteiger partial charge >= 0.3 is 0 Å². The van der Waals surface area contributed by atoms with Crippen LogP contribution < -0.4 is 5.73 Å². The molecule has 1 unspecified atom stereocenters. The van der Waals surface area contributed by atoms with Crippen LogP contribution in [-0.2, 0) is 4.79 Å². The van der Waals surface area contributed by atoms with E-state index in [2.05, 4.69) is 6.92 Å². The number of carbonyl (C=O) groups excluding carboxylic acids is 1. The highest BCUT2D eigenvalue weighted by atomic mass is 16.2. The van der Waals surface area contributed by atoms with Crippen LogP contribution in [0.2, 0.25) is 0 Å². The Morgan fingerprint density at radius 3 is 2.65 bits per heavy atom. The molecule has 1 fully saturated rings. The van der Waals surface area contributed by atoms with Gasteiger partial charge in [0.1, 0.15) is 0 Å². The first-order chi connectivity index (χ1) is 8.24. The van der Waals surface area contributed by atoms with Crippen molar-refractivity contribution in [3.63, 3.8) is 0 Å². The van der Waals surface area contributed by atoms with E-state index in [1.807, 2.05) is 4.90 Å². The van der Waals surface area contributed by atoms with E-state index >= 15 is 0 Å². The van der Waals surface area contributed by atoms with E-state index < -0.39 is 0 Å². The average molecular weight is 240 g/mol. The first-order valence-electron chi connectivity index (χ1n) is 7.27. The second kappa shape index (κ2) is 8.51. The summed E-state index contributed by atoms with van der Waals surface area (Å²) in [5, 5.41) is 0. The van der Waals surface area contributed by atoms with Crippen molar-refractivity contribution in [2.24, 2.45) is 5.73 Å². The lowest BCUT2D eigenvalue weighted by Crippen LogP contribution is -2.45. The molecule has 0 aromatic heterocycles. The predicted octanol–water partition coefficient (Wildman–Crippen LogP) is 2.69. The number of piperidine rings is 1. The molecule has 2 N–H and O–H groups in total. The van der Waals surface area contributed by atoms with Crippen molar-refractivity contribution in [2.75, 3.05) is 13.1 Å². The minimum atomic E-state index is 0.206. The Hall–Kier alpha value is -0.570. The molecule has 1 heterocycles. The number of hydrogen-bond acceptors (Lipinski definition) is 2. The minimum Gasteiger partial charge on any atom is -0.341 e. The number of amides is 1. The van der Waals surface area contributed by atoms with Crippen molar-refractivity contribution < 1.29 is 4.79 Å². The van der Waals surface area contributed by atoms with Gasteiger partial charge < -0.3 is 10.6 Å². The van der Waals surface area contributed by atoms with E-state index in [1.54, 1.807) is 0 Å². The average Bonchev–Trinajstić information content (AvgIpc) is 2.33. The maximum absolute atomic E-state index is 11.9. The number of carbonyl (C=O) groups is 1. The van der Waals surface area contributed by atoms with Crippen LogP contribution in [0, 0.1) is 0 Å². The van der Waals surface area contributed by atoms with Gasteiger partial charge in [0.2, 0.25) is 5.91 Å². The predicted molar refractivity (Wildman–Crippen MR) is 71.8 cm³/mol. The molecular weight excluding hydrogens is 212 g/mol. The molecule has 0 bridgehead atoms. The number of hydrogen-bond donors (Lipinski definition) is 1. The fraction of sp³-hybridized carbons (Fsp3) is 0.929. The van der Waals surface area contributed by atoms with Crippen molar-refractivity contribution in [1.82, 2.24) is 4.90 Å². The molecule has 17 heavy (non-hydrogen) atoms. The lowest BCUT2D eigenvalue weighted by atomic mass is 10.1. The molecule has 0 aromatic rings. The lowest BCUT2D eigenvalue weighted by Gasteiger charge is -2.30. The largest absolute Gasteiger partial charge is 0.341 e. The highest BCUT2D eigenvalue weighted by molar-refractivity contribution is 5.76. The van der Waals surface area contributed by atoms with E-state index in [0.29, 0.717) is 5.91 Å². The van der Waals surface area contributed by atoms with Gasteiger partial charge in [-0.1, -0.05) is 39.0 Å². The molecule has 1 aliphatic heterocycles. The van der Waals surface area contributed by atoms with Crippen LogP contribution in [0.5, 0.6) is 0 Å². The van der Waals surface area contributed by atoms with Gasteiger partial charge in [-0.2, -0.15) is 0 Å². The third-order valence-electron chi connectivity index (χ3n) is 3.55. The maximum Gasteiger partial charge on any atom is 0.222 e. The molecule has 1 amide bonds. The first kappa shape index (κ1) is 14.5. The number of rotatable bonds is 7. The van der Waals surface area contributed by atoms with Crippen molar-refractivity contribution in [3.8, 4) is 0 Å². The zero-order valence-corrected chi connectivity index (χ0v) is 11.3. The molecular formula is C14H28N2O. The van der Waals surface area contributed by atoms with E-state index in [-0.39, 0.29) is 6.04 Å². The summed E-state index contributed by atoms with van der Waals surface area (Å²) in [5.74, 6) is 0.315. The molecule has 0 saturated carbocycles. The Labute approximate surface area is 106 Å². The Bertz CT molecular complexity index is 218. The molecule has 1 saturated heterocycles. The molecule has 1 rings (SSSR count).